The molecule has 0 bridgehead atoms. The number of hydrogen-bond donors (Lipinski definition) is 1. The number of benzene rings is 1. The number of hydrogen-bond acceptors (Lipinski definition) is 3. The van der Waals surface area contributed by atoms with E-state index in [1.54, 1.807) is 4.90 Å². The number of alkyl halides is 3. The van der Waals surface area contributed by atoms with Crippen LogP contribution in [0.2, 0.25) is 0 Å². The van der Waals surface area contributed by atoms with E-state index in [0.29, 0.717) is 26.2 Å². The van der Waals surface area contributed by atoms with Crippen LogP contribution in [0.3, 0.4) is 0 Å². The number of nitrogens with zero attached hydrogens (tertiary/aromatic N) is 2. The Morgan fingerprint density at radius 1 is 1.17 bits per heavy atom. The molecule has 0 spiro atoms. The highest BCUT2D eigenvalue weighted by molar-refractivity contribution is 5.93. The predicted octanol–water partition coefficient (Wildman–Crippen LogP) is 1.42. The summed E-state index contributed by atoms with van der Waals surface area (Å²) in [7, 11) is 0. The summed E-state index contributed by atoms with van der Waals surface area (Å²) < 4.78 is 38.7. The summed E-state index contributed by atoms with van der Waals surface area (Å²) in [6.45, 7) is 1.58. The molecule has 128 valence electrons. The van der Waals surface area contributed by atoms with Crippen molar-refractivity contribution in [1.82, 2.24) is 9.80 Å². The summed E-state index contributed by atoms with van der Waals surface area (Å²) in [6.07, 6.45) is 0.506. The molecular formula is C16H16F3N3O2. The summed E-state index contributed by atoms with van der Waals surface area (Å²) in [5.74, 6) is 1.08. The summed E-state index contributed by atoms with van der Waals surface area (Å²) in [4.78, 5) is 26.6. The number of anilines is 1. The second kappa shape index (κ2) is 7.36. The van der Waals surface area contributed by atoms with Crippen LogP contribution in [0.1, 0.15) is 5.56 Å². The fourth-order valence-corrected chi connectivity index (χ4v) is 2.43. The van der Waals surface area contributed by atoms with E-state index >= 15 is 0 Å². The van der Waals surface area contributed by atoms with Crippen LogP contribution in [-0.2, 0) is 15.8 Å². The van der Waals surface area contributed by atoms with Crippen LogP contribution < -0.4 is 5.32 Å². The molecule has 1 heterocycles. The van der Waals surface area contributed by atoms with E-state index in [9.17, 15) is 22.8 Å². The van der Waals surface area contributed by atoms with Gasteiger partial charge in [-0.15, -0.1) is 6.42 Å². The smallest absolute Gasteiger partial charge is 0.329 e. The predicted molar refractivity (Wildman–Crippen MR) is 81.9 cm³/mol. The van der Waals surface area contributed by atoms with E-state index in [1.807, 2.05) is 5.92 Å². The topological polar surface area (TPSA) is 52.7 Å². The lowest BCUT2D eigenvalue weighted by atomic mass is 10.1. The van der Waals surface area contributed by atoms with Crippen molar-refractivity contribution in [2.24, 2.45) is 0 Å². The van der Waals surface area contributed by atoms with Gasteiger partial charge < -0.3 is 10.2 Å². The van der Waals surface area contributed by atoms with Crippen molar-refractivity contribution < 1.29 is 22.8 Å². The van der Waals surface area contributed by atoms with Gasteiger partial charge in [0.2, 0.25) is 5.91 Å². The third kappa shape index (κ3) is 4.49. The van der Waals surface area contributed by atoms with Crippen molar-refractivity contribution in [2.75, 3.05) is 38.0 Å². The van der Waals surface area contributed by atoms with Gasteiger partial charge in [-0.05, 0) is 18.1 Å². The Bertz CT molecular complexity index is 659. The molecule has 0 unspecified atom stereocenters. The normalized spacial score (nSPS) is 15.7. The Hall–Kier alpha value is -2.53. The molecule has 24 heavy (non-hydrogen) atoms. The fourth-order valence-electron chi connectivity index (χ4n) is 2.43. The number of halogens is 3. The lowest BCUT2D eigenvalue weighted by Gasteiger charge is -2.33. The van der Waals surface area contributed by atoms with Gasteiger partial charge in [0.05, 0.1) is 17.8 Å². The number of piperazine rings is 1. The Morgan fingerprint density at radius 3 is 2.38 bits per heavy atom. The molecule has 0 radical (unpaired) electrons. The molecule has 1 aromatic carbocycles. The number of carbonyl (C=O) groups excluding carboxylic acids is 2. The molecule has 5 nitrogen and oxygen atoms in total. The molecule has 2 amide bonds. The highest BCUT2D eigenvalue weighted by Gasteiger charge is 2.33. The van der Waals surface area contributed by atoms with E-state index in [1.165, 1.54) is 23.1 Å². The van der Waals surface area contributed by atoms with Gasteiger partial charge in [0.1, 0.15) is 0 Å². The van der Waals surface area contributed by atoms with E-state index in [2.05, 4.69) is 5.32 Å². The van der Waals surface area contributed by atoms with Gasteiger partial charge in [-0.2, -0.15) is 13.2 Å². The van der Waals surface area contributed by atoms with Gasteiger partial charge in [0.25, 0.3) is 5.91 Å². The molecule has 1 aliphatic heterocycles. The van der Waals surface area contributed by atoms with Crippen molar-refractivity contribution in [3.8, 4) is 12.3 Å². The molecule has 1 N–H and O–H groups in total. The van der Waals surface area contributed by atoms with Gasteiger partial charge in [-0.25, -0.2) is 0 Å². The SMILES string of the molecule is C#CC(=O)N1CCN(CC(=O)Nc2ccccc2C(F)(F)F)CC1. The van der Waals surface area contributed by atoms with E-state index in [4.69, 9.17) is 6.42 Å². The minimum absolute atomic E-state index is 0.0513. The number of terminal acetylenes is 1. The molecule has 1 saturated heterocycles. The van der Waals surface area contributed by atoms with Crippen molar-refractivity contribution in [2.45, 2.75) is 6.18 Å². The Kier molecular flexibility index (Phi) is 5.46. The highest BCUT2D eigenvalue weighted by atomic mass is 19.4. The van der Waals surface area contributed by atoms with Crippen molar-refractivity contribution in [1.29, 1.82) is 0 Å². The maximum Gasteiger partial charge on any atom is 0.418 e. The van der Waals surface area contributed by atoms with Crippen LogP contribution in [-0.4, -0.2) is 54.3 Å². The maximum atomic E-state index is 12.9. The van der Waals surface area contributed by atoms with Crippen molar-refractivity contribution in [3.05, 3.63) is 29.8 Å². The summed E-state index contributed by atoms with van der Waals surface area (Å²) in [5.41, 5.74) is -1.15. The van der Waals surface area contributed by atoms with E-state index in [0.717, 1.165) is 6.07 Å². The first kappa shape index (κ1) is 17.8. The average molecular weight is 339 g/mol. The third-order valence-corrected chi connectivity index (χ3v) is 3.66. The Balaban J connectivity index is 1.92. The van der Waals surface area contributed by atoms with Gasteiger partial charge in [-0.3, -0.25) is 14.5 Å². The fraction of sp³-hybridized carbons (Fsp3) is 0.375. The maximum absolute atomic E-state index is 12.9. The Labute approximate surface area is 137 Å². The molecule has 2 rings (SSSR count). The monoisotopic (exact) mass is 339 g/mol. The van der Waals surface area contributed by atoms with Crippen LogP contribution >= 0.6 is 0 Å². The zero-order valence-corrected chi connectivity index (χ0v) is 12.8. The molecule has 8 heteroatoms. The van der Waals surface area contributed by atoms with Gasteiger partial charge in [-0.1, -0.05) is 12.1 Å². The molecule has 1 aliphatic rings. The average Bonchev–Trinajstić information content (AvgIpc) is 2.54. The summed E-state index contributed by atoms with van der Waals surface area (Å²) in [6, 6.07) is 4.82. The first-order valence-electron chi connectivity index (χ1n) is 7.25. The largest absolute Gasteiger partial charge is 0.418 e. The number of amides is 2. The van der Waals surface area contributed by atoms with Crippen LogP contribution in [0, 0.1) is 12.3 Å². The molecule has 1 fully saturated rings. The van der Waals surface area contributed by atoms with Crippen LogP contribution in [0.5, 0.6) is 0 Å². The van der Waals surface area contributed by atoms with Gasteiger partial charge in [0, 0.05) is 26.2 Å². The van der Waals surface area contributed by atoms with Crippen molar-refractivity contribution in [3.63, 3.8) is 0 Å². The molecular weight excluding hydrogens is 323 g/mol. The Morgan fingerprint density at radius 2 is 1.79 bits per heavy atom. The standard InChI is InChI=1S/C16H16F3N3O2/c1-2-15(24)22-9-7-21(8-10-22)11-14(23)20-13-6-4-3-5-12(13)16(17,18)19/h1,3-6H,7-11H2,(H,20,23). The quantitative estimate of drug-likeness (QED) is 0.848. The molecule has 0 aromatic heterocycles. The first-order valence-corrected chi connectivity index (χ1v) is 7.25. The number of carbonyl (C=O) groups is 2. The molecule has 0 aliphatic carbocycles. The summed E-state index contributed by atoms with van der Waals surface area (Å²) in [5, 5.41) is 2.30. The van der Waals surface area contributed by atoms with Crippen LogP contribution in [0.4, 0.5) is 18.9 Å². The first-order chi connectivity index (χ1) is 11.3. The summed E-state index contributed by atoms with van der Waals surface area (Å²) >= 11 is 0. The number of para-hydroxylation sites is 1. The minimum Gasteiger partial charge on any atom is -0.329 e. The zero-order chi connectivity index (χ0) is 17.7. The lowest BCUT2D eigenvalue weighted by molar-refractivity contribution is -0.137. The van der Waals surface area contributed by atoms with E-state index in [-0.39, 0.29) is 12.2 Å². The highest BCUT2D eigenvalue weighted by Crippen LogP contribution is 2.34. The van der Waals surface area contributed by atoms with E-state index < -0.39 is 23.6 Å². The molecule has 0 atom stereocenters. The van der Waals surface area contributed by atoms with Crippen LogP contribution in [0.25, 0.3) is 0 Å². The lowest BCUT2D eigenvalue weighted by Crippen LogP contribution is -2.50. The van der Waals surface area contributed by atoms with Crippen LogP contribution in [0.15, 0.2) is 24.3 Å². The zero-order valence-electron chi connectivity index (χ0n) is 12.8. The van der Waals surface area contributed by atoms with Gasteiger partial charge >= 0.3 is 6.18 Å². The van der Waals surface area contributed by atoms with Gasteiger partial charge in [0.15, 0.2) is 0 Å². The number of rotatable bonds is 3. The minimum atomic E-state index is -4.54. The molecule has 1 aromatic rings. The second-order valence-electron chi connectivity index (χ2n) is 5.30. The number of nitrogens with one attached hydrogen (secondary N) is 1. The van der Waals surface area contributed by atoms with Crippen molar-refractivity contribution >= 4 is 17.5 Å². The second-order valence-corrected chi connectivity index (χ2v) is 5.30. The third-order valence-electron chi connectivity index (χ3n) is 3.66. The molecule has 0 saturated carbocycles.